The molecule has 0 aromatic heterocycles. The number of fused-ring (bicyclic) bond motifs is 1. The van der Waals surface area contributed by atoms with Crippen LogP contribution in [0, 0.1) is 4.91 Å². The molecule has 14 heavy (non-hydrogen) atoms. The monoisotopic (exact) mass is 188 g/mol. The number of phenols is 1. The molecule has 2 rings (SSSR count). The molecule has 0 spiro atoms. The summed E-state index contributed by atoms with van der Waals surface area (Å²) >= 11 is 0. The Kier molecular flexibility index (Phi) is 1.81. The van der Waals surface area contributed by atoms with Crippen molar-refractivity contribution in [1.29, 1.82) is 0 Å². The molecular formula is C10H8N2O2. The van der Waals surface area contributed by atoms with Gasteiger partial charge in [0.05, 0.1) is 0 Å². The molecular weight excluding hydrogens is 180 g/mol. The molecule has 0 amide bonds. The lowest BCUT2D eigenvalue weighted by molar-refractivity contribution is 0.478. The van der Waals surface area contributed by atoms with Crippen LogP contribution in [0.15, 0.2) is 35.5 Å². The fourth-order valence-electron chi connectivity index (χ4n) is 1.47. The number of nitrogen functional groups attached to an aromatic ring is 1. The quantitative estimate of drug-likeness (QED) is 0.533. The Balaban J connectivity index is 2.97. The molecule has 0 heterocycles. The lowest BCUT2D eigenvalue weighted by atomic mass is 10.1. The molecule has 2 aromatic rings. The molecule has 70 valence electrons. The third kappa shape index (κ3) is 1.08. The predicted octanol–water partition coefficient (Wildman–Crippen LogP) is 2.53. The summed E-state index contributed by atoms with van der Waals surface area (Å²) in [5, 5.41) is 13.5. The minimum Gasteiger partial charge on any atom is -0.505 e. The van der Waals surface area contributed by atoms with Crippen molar-refractivity contribution in [3.05, 3.63) is 35.2 Å². The first-order valence-corrected chi connectivity index (χ1v) is 4.07. The van der Waals surface area contributed by atoms with Crippen LogP contribution in [0.3, 0.4) is 0 Å². The normalized spacial score (nSPS) is 10.3. The summed E-state index contributed by atoms with van der Waals surface area (Å²) in [6.45, 7) is 0. The number of nitrogens with two attached hydrogens (primary N) is 1. The number of nitrogens with zero attached hydrogens (tertiary/aromatic N) is 1. The molecule has 0 bridgehead atoms. The Morgan fingerprint density at radius 2 is 1.86 bits per heavy atom. The van der Waals surface area contributed by atoms with E-state index in [9.17, 15) is 10.0 Å². The summed E-state index contributed by atoms with van der Waals surface area (Å²) < 4.78 is 0. The number of hydrogen-bond acceptors (Lipinski definition) is 4. The van der Waals surface area contributed by atoms with Crippen LogP contribution < -0.4 is 5.73 Å². The summed E-state index contributed by atoms with van der Waals surface area (Å²) in [5.74, 6) is -0.184. The van der Waals surface area contributed by atoms with Crippen molar-refractivity contribution >= 4 is 22.1 Å². The lowest BCUT2D eigenvalue weighted by Gasteiger charge is -2.04. The van der Waals surface area contributed by atoms with Gasteiger partial charge in [-0.3, -0.25) is 0 Å². The Morgan fingerprint density at radius 1 is 1.21 bits per heavy atom. The molecule has 3 N–H and O–H groups in total. The van der Waals surface area contributed by atoms with Gasteiger partial charge in [-0.05, 0) is 5.18 Å². The molecule has 0 atom stereocenters. The maximum Gasteiger partial charge on any atom is 0.157 e. The summed E-state index contributed by atoms with van der Waals surface area (Å²) in [7, 11) is 0. The van der Waals surface area contributed by atoms with Crippen molar-refractivity contribution in [3.8, 4) is 5.75 Å². The maximum atomic E-state index is 10.5. The number of benzene rings is 2. The van der Waals surface area contributed by atoms with E-state index in [0.717, 1.165) is 5.39 Å². The molecule has 0 saturated carbocycles. The second-order valence-corrected chi connectivity index (χ2v) is 2.97. The summed E-state index contributed by atoms with van der Waals surface area (Å²) in [5.41, 5.74) is 6.15. The van der Waals surface area contributed by atoms with E-state index in [0.29, 0.717) is 11.1 Å². The Bertz CT molecular complexity index is 509. The smallest absolute Gasteiger partial charge is 0.157 e. The topological polar surface area (TPSA) is 75.7 Å². The Hall–Kier alpha value is -2.10. The van der Waals surface area contributed by atoms with E-state index in [1.54, 1.807) is 18.2 Å². The van der Waals surface area contributed by atoms with Gasteiger partial charge in [0.1, 0.15) is 5.75 Å². The number of phenolic OH excluding ortho intramolecular Hbond substituents is 1. The third-order valence-electron chi connectivity index (χ3n) is 2.12. The van der Waals surface area contributed by atoms with E-state index >= 15 is 0 Å². The first-order valence-electron chi connectivity index (χ1n) is 4.07. The predicted molar refractivity (Wildman–Crippen MR) is 55.5 cm³/mol. The first-order chi connectivity index (χ1) is 6.74. The average Bonchev–Trinajstić information content (AvgIpc) is 2.18. The minimum absolute atomic E-state index is 0.0369. The van der Waals surface area contributed by atoms with E-state index in [1.165, 1.54) is 6.07 Å². The van der Waals surface area contributed by atoms with Gasteiger partial charge >= 0.3 is 0 Å². The lowest BCUT2D eigenvalue weighted by Crippen LogP contribution is -1.86. The minimum atomic E-state index is -0.184. The highest BCUT2D eigenvalue weighted by atomic mass is 16.3. The summed E-state index contributed by atoms with van der Waals surface area (Å²) in [6.07, 6.45) is 0. The zero-order chi connectivity index (χ0) is 10.1. The highest BCUT2D eigenvalue weighted by Crippen LogP contribution is 2.38. The molecule has 4 heteroatoms. The molecule has 0 radical (unpaired) electrons. The summed E-state index contributed by atoms with van der Waals surface area (Å²) in [6, 6.07) is 8.38. The zero-order valence-electron chi connectivity index (χ0n) is 7.27. The molecule has 2 aromatic carbocycles. The van der Waals surface area contributed by atoms with Crippen molar-refractivity contribution in [2.24, 2.45) is 5.18 Å². The van der Waals surface area contributed by atoms with Crippen LogP contribution in [0.4, 0.5) is 11.4 Å². The zero-order valence-corrected chi connectivity index (χ0v) is 7.27. The van der Waals surface area contributed by atoms with E-state index in [-0.39, 0.29) is 11.4 Å². The largest absolute Gasteiger partial charge is 0.505 e. The van der Waals surface area contributed by atoms with Gasteiger partial charge in [-0.15, -0.1) is 4.91 Å². The van der Waals surface area contributed by atoms with E-state index < -0.39 is 0 Å². The van der Waals surface area contributed by atoms with Gasteiger partial charge in [0.15, 0.2) is 5.69 Å². The van der Waals surface area contributed by atoms with Gasteiger partial charge in [-0.1, -0.05) is 24.3 Å². The van der Waals surface area contributed by atoms with Gasteiger partial charge in [0.25, 0.3) is 0 Å². The van der Waals surface area contributed by atoms with Crippen molar-refractivity contribution in [1.82, 2.24) is 0 Å². The van der Waals surface area contributed by atoms with E-state index in [2.05, 4.69) is 5.18 Å². The SMILES string of the molecule is Nc1cc(O)c(N=O)c2ccccc12. The molecule has 0 unspecified atom stereocenters. The highest BCUT2D eigenvalue weighted by molar-refractivity contribution is 6.02. The molecule has 0 aliphatic rings. The fraction of sp³-hybridized carbons (Fsp3) is 0. The molecule has 0 aliphatic heterocycles. The highest BCUT2D eigenvalue weighted by Gasteiger charge is 2.09. The van der Waals surface area contributed by atoms with Gasteiger partial charge < -0.3 is 10.8 Å². The van der Waals surface area contributed by atoms with E-state index in [1.807, 2.05) is 6.07 Å². The van der Waals surface area contributed by atoms with Crippen molar-refractivity contribution in [2.45, 2.75) is 0 Å². The van der Waals surface area contributed by atoms with Crippen LogP contribution >= 0.6 is 0 Å². The molecule has 4 nitrogen and oxygen atoms in total. The van der Waals surface area contributed by atoms with Crippen LogP contribution in [0.1, 0.15) is 0 Å². The maximum absolute atomic E-state index is 10.5. The van der Waals surface area contributed by atoms with Gasteiger partial charge in [-0.2, -0.15) is 0 Å². The number of anilines is 1. The third-order valence-corrected chi connectivity index (χ3v) is 2.12. The Labute approximate surface area is 79.9 Å². The standard InChI is InChI=1S/C10H8N2O2/c11-8-5-9(13)10(12-14)7-4-2-1-3-6(7)8/h1-5,13H,11H2. The number of rotatable bonds is 1. The van der Waals surface area contributed by atoms with Crippen LogP contribution in [0.25, 0.3) is 10.8 Å². The van der Waals surface area contributed by atoms with Gasteiger partial charge in [0.2, 0.25) is 0 Å². The Morgan fingerprint density at radius 3 is 2.50 bits per heavy atom. The fourth-order valence-corrected chi connectivity index (χ4v) is 1.47. The van der Waals surface area contributed by atoms with Crippen LogP contribution in [0.2, 0.25) is 0 Å². The summed E-state index contributed by atoms with van der Waals surface area (Å²) in [4.78, 5) is 10.5. The van der Waals surface area contributed by atoms with Crippen LogP contribution in [-0.2, 0) is 0 Å². The van der Waals surface area contributed by atoms with Crippen LogP contribution in [0.5, 0.6) is 5.75 Å². The first kappa shape index (κ1) is 8.50. The molecule has 0 aliphatic carbocycles. The molecule has 0 saturated heterocycles. The van der Waals surface area contributed by atoms with Crippen LogP contribution in [-0.4, -0.2) is 5.11 Å². The molecule has 0 fully saturated rings. The van der Waals surface area contributed by atoms with Gasteiger partial charge in [0, 0.05) is 22.5 Å². The second kappa shape index (κ2) is 2.99. The van der Waals surface area contributed by atoms with E-state index in [4.69, 9.17) is 5.73 Å². The van der Waals surface area contributed by atoms with Crippen molar-refractivity contribution in [2.75, 3.05) is 5.73 Å². The average molecular weight is 188 g/mol. The van der Waals surface area contributed by atoms with Crippen molar-refractivity contribution in [3.63, 3.8) is 0 Å². The second-order valence-electron chi connectivity index (χ2n) is 2.97. The van der Waals surface area contributed by atoms with Crippen molar-refractivity contribution < 1.29 is 5.11 Å². The number of aromatic hydroxyl groups is 1. The number of hydrogen-bond donors (Lipinski definition) is 2. The van der Waals surface area contributed by atoms with Gasteiger partial charge in [-0.25, -0.2) is 0 Å². The number of nitroso groups, excluding NO2 is 1.